The smallest absolute Gasteiger partial charge is 0.336 e. The molecule has 0 radical (unpaired) electrons. The van der Waals surface area contributed by atoms with Gasteiger partial charge in [-0.2, -0.15) is 0 Å². The first-order valence-electron chi connectivity index (χ1n) is 9.90. The third-order valence-electron chi connectivity index (χ3n) is 4.93. The Morgan fingerprint density at radius 2 is 1.75 bits per heavy atom. The SMILES string of the molecule is CC(C)c1cc(CC(=O)CCCCCS(=O)(=O)C(C)C)cc2ccc(=O)oc12. The van der Waals surface area contributed by atoms with Gasteiger partial charge in [0.1, 0.15) is 11.4 Å². The number of benzene rings is 1. The molecule has 1 aromatic heterocycles. The molecule has 0 fully saturated rings. The Balaban J connectivity index is 1.96. The normalized spacial score (nSPS) is 12.2. The summed E-state index contributed by atoms with van der Waals surface area (Å²) in [4.78, 5) is 23.9. The van der Waals surface area contributed by atoms with Gasteiger partial charge >= 0.3 is 5.63 Å². The van der Waals surface area contributed by atoms with Gasteiger partial charge in [0, 0.05) is 24.3 Å². The largest absolute Gasteiger partial charge is 0.422 e. The van der Waals surface area contributed by atoms with Crippen molar-refractivity contribution < 1.29 is 17.6 Å². The molecule has 0 spiro atoms. The second-order valence-electron chi connectivity index (χ2n) is 7.95. The minimum absolute atomic E-state index is 0.137. The fourth-order valence-electron chi connectivity index (χ4n) is 3.16. The van der Waals surface area contributed by atoms with Gasteiger partial charge in [0.25, 0.3) is 0 Å². The number of Topliss-reactive ketones (excluding diaryl/α,β-unsaturated/α-hetero) is 1. The van der Waals surface area contributed by atoms with Crippen LogP contribution >= 0.6 is 0 Å². The lowest BCUT2D eigenvalue weighted by Gasteiger charge is -2.11. The minimum Gasteiger partial charge on any atom is -0.422 e. The zero-order chi connectivity index (χ0) is 20.9. The molecule has 6 heteroatoms. The summed E-state index contributed by atoms with van der Waals surface area (Å²) in [6.07, 6.45) is 2.81. The van der Waals surface area contributed by atoms with Crippen LogP contribution in [0.25, 0.3) is 11.0 Å². The highest BCUT2D eigenvalue weighted by molar-refractivity contribution is 7.91. The standard InChI is InChI=1S/C22H30O5S/c1-15(2)20-14-17(12-18-9-10-21(24)27-22(18)20)13-19(23)8-6-5-7-11-28(25,26)16(3)4/h9-10,12,14-16H,5-8,11,13H2,1-4H3. The highest BCUT2D eigenvalue weighted by atomic mass is 32.2. The zero-order valence-corrected chi connectivity index (χ0v) is 18.0. The van der Waals surface area contributed by atoms with Crippen LogP contribution in [-0.4, -0.2) is 25.2 Å². The monoisotopic (exact) mass is 406 g/mol. The average molecular weight is 407 g/mol. The maximum absolute atomic E-state index is 12.4. The molecule has 0 aliphatic heterocycles. The summed E-state index contributed by atoms with van der Waals surface area (Å²) in [6, 6.07) is 6.97. The van der Waals surface area contributed by atoms with Crippen molar-refractivity contribution in [3.8, 4) is 0 Å². The topological polar surface area (TPSA) is 81.4 Å². The summed E-state index contributed by atoms with van der Waals surface area (Å²) in [6.45, 7) is 7.44. The molecule has 0 atom stereocenters. The van der Waals surface area contributed by atoms with Crippen molar-refractivity contribution in [2.24, 2.45) is 0 Å². The van der Waals surface area contributed by atoms with Gasteiger partial charge in [0.15, 0.2) is 9.84 Å². The number of carbonyl (C=O) groups excluding carboxylic acids is 1. The lowest BCUT2D eigenvalue weighted by Crippen LogP contribution is -2.17. The molecule has 0 unspecified atom stereocenters. The molecule has 1 aromatic carbocycles. The van der Waals surface area contributed by atoms with E-state index in [1.165, 1.54) is 6.07 Å². The van der Waals surface area contributed by atoms with E-state index in [0.29, 0.717) is 31.3 Å². The Morgan fingerprint density at radius 3 is 2.39 bits per heavy atom. The molecule has 0 amide bonds. The van der Waals surface area contributed by atoms with E-state index in [0.717, 1.165) is 22.9 Å². The van der Waals surface area contributed by atoms with E-state index < -0.39 is 9.84 Å². The molecule has 154 valence electrons. The van der Waals surface area contributed by atoms with E-state index in [9.17, 15) is 18.0 Å². The molecular weight excluding hydrogens is 376 g/mol. The second-order valence-corrected chi connectivity index (χ2v) is 10.6. The van der Waals surface area contributed by atoms with Gasteiger partial charge in [-0.3, -0.25) is 4.79 Å². The quantitative estimate of drug-likeness (QED) is 0.431. The van der Waals surface area contributed by atoms with Crippen LogP contribution in [0.4, 0.5) is 0 Å². The van der Waals surface area contributed by atoms with Crippen LogP contribution in [0.1, 0.15) is 70.4 Å². The van der Waals surface area contributed by atoms with Crippen LogP contribution in [0.5, 0.6) is 0 Å². The van der Waals surface area contributed by atoms with Gasteiger partial charge < -0.3 is 4.42 Å². The summed E-state index contributed by atoms with van der Waals surface area (Å²) in [5, 5.41) is 0.481. The Morgan fingerprint density at radius 1 is 1.04 bits per heavy atom. The van der Waals surface area contributed by atoms with E-state index in [2.05, 4.69) is 0 Å². The van der Waals surface area contributed by atoms with E-state index in [-0.39, 0.29) is 28.3 Å². The van der Waals surface area contributed by atoms with Crippen LogP contribution in [0.3, 0.4) is 0 Å². The van der Waals surface area contributed by atoms with E-state index >= 15 is 0 Å². The number of sulfone groups is 1. The molecule has 2 aromatic rings. The fraction of sp³-hybridized carbons (Fsp3) is 0.545. The fourth-order valence-corrected chi connectivity index (χ4v) is 4.24. The minimum atomic E-state index is -3.00. The Hall–Kier alpha value is -1.95. The number of hydrogen-bond acceptors (Lipinski definition) is 5. The van der Waals surface area contributed by atoms with Gasteiger partial charge in [-0.15, -0.1) is 0 Å². The number of rotatable bonds is 10. The zero-order valence-electron chi connectivity index (χ0n) is 17.2. The van der Waals surface area contributed by atoms with Crippen LogP contribution in [0, 0.1) is 0 Å². The Kier molecular flexibility index (Phi) is 7.58. The molecule has 0 saturated heterocycles. The Labute approximate surface area is 167 Å². The van der Waals surface area contributed by atoms with E-state index in [4.69, 9.17) is 4.42 Å². The molecule has 0 aliphatic rings. The molecule has 0 bridgehead atoms. The second kappa shape index (κ2) is 9.50. The molecule has 5 nitrogen and oxygen atoms in total. The Bertz CT molecular complexity index is 984. The number of unbranched alkanes of at least 4 members (excludes halogenated alkanes) is 2. The predicted octanol–water partition coefficient (Wildman–Crippen LogP) is 4.41. The molecular formula is C22H30O5S. The summed E-state index contributed by atoms with van der Waals surface area (Å²) in [7, 11) is -3.00. The molecule has 0 saturated carbocycles. The number of hydrogen-bond donors (Lipinski definition) is 0. The first-order chi connectivity index (χ1) is 13.1. The lowest BCUT2D eigenvalue weighted by atomic mass is 9.95. The summed E-state index contributed by atoms with van der Waals surface area (Å²) in [5.41, 5.74) is 2.05. The maximum atomic E-state index is 12.4. The van der Waals surface area contributed by atoms with Crippen molar-refractivity contribution >= 4 is 26.6 Å². The maximum Gasteiger partial charge on any atom is 0.336 e. The summed E-state index contributed by atoms with van der Waals surface area (Å²) < 4.78 is 28.9. The molecule has 0 N–H and O–H groups in total. The third kappa shape index (κ3) is 6.03. The van der Waals surface area contributed by atoms with Crippen molar-refractivity contribution in [2.75, 3.05) is 5.75 Å². The molecule has 28 heavy (non-hydrogen) atoms. The van der Waals surface area contributed by atoms with Crippen molar-refractivity contribution in [3.63, 3.8) is 0 Å². The molecule has 2 rings (SSSR count). The van der Waals surface area contributed by atoms with Crippen molar-refractivity contribution in [1.29, 1.82) is 0 Å². The van der Waals surface area contributed by atoms with Crippen LogP contribution in [-0.2, 0) is 21.1 Å². The van der Waals surface area contributed by atoms with E-state index in [1.807, 2.05) is 26.0 Å². The van der Waals surface area contributed by atoms with Gasteiger partial charge in [-0.1, -0.05) is 26.3 Å². The third-order valence-corrected chi connectivity index (χ3v) is 7.23. The summed E-state index contributed by atoms with van der Waals surface area (Å²) in [5.74, 6) is 0.496. The first kappa shape index (κ1) is 22.3. The average Bonchev–Trinajstić information content (AvgIpc) is 2.60. The van der Waals surface area contributed by atoms with Crippen LogP contribution < -0.4 is 5.63 Å². The van der Waals surface area contributed by atoms with Gasteiger partial charge in [-0.05, 0) is 55.9 Å². The van der Waals surface area contributed by atoms with Crippen LogP contribution in [0.15, 0.2) is 33.5 Å². The van der Waals surface area contributed by atoms with Crippen molar-refractivity contribution in [1.82, 2.24) is 0 Å². The molecule has 0 aliphatic carbocycles. The highest BCUT2D eigenvalue weighted by Gasteiger charge is 2.15. The first-order valence-corrected chi connectivity index (χ1v) is 11.6. The van der Waals surface area contributed by atoms with Crippen molar-refractivity contribution in [2.45, 2.75) is 71.0 Å². The highest BCUT2D eigenvalue weighted by Crippen LogP contribution is 2.26. The van der Waals surface area contributed by atoms with Crippen LogP contribution in [0.2, 0.25) is 0 Å². The van der Waals surface area contributed by atoms with Gasteiger partial charge in [-0.25, -0.2) is 13.2 Å². The predicted molar refractivity (Wildman–Crippen MR) is 113 cm³/mol. The van der Waals surface area contributed by atoms with E-state index in [1.54, 1.807) is 19.9 Å². The molecule has 1 heterocycles. The van der Waals surface area contributed by atoms with Gasteiger partial charge in [0.2, 0.25) is 0 Å². The number of fused-ring (bicyclic) bond motifs is 1. The van der Waals surface area contributed by atoms with Gasteiger partial charge in [0.05, 0.1) is 11.0 Å². The number of carbonyl (C=O) groups is 1. The lowest BCUT2D eigenvalue weighted by molar-refractivity contribution is -0.118. The number of ketones is 1. The van der Waals surface area contributed by atoms with Crippen molar-refractivity contribution in [3.05, 3.63) is 45.8 Å². The summed E-state index contributed by atoms with van der Waals surface area (Å²) >= 11 is 0.